The van der Waals surface area contributed by atoms with Gasteiger partial charge in [-0.1, -0.05) is 30.3 Å². The monoisotopic (exact) mass is 344 g/mol. The van der Waals surface area contributed by atoms with E-state index in [1.807, 2.05) is 30.3 Å². The third-order valence-corrected chi connectivity index (χ3v) is 3.79. The largest absolute Gasteiger partial charge is 0.465 e. The summed E-state index contributed by atoms with van der Waals surface area (Å²) >= 11 is 0. The van der Waals surface area contributed by atoms with Crippen LogP contribution in [-0.4, -0.2) is 29.7 Å². The van der Waals surface area contributed by atoms with E-state index >= 15 is 0 Å². The Morgan fingerprint density at radius 1 is 1.28 bits per heavy atom. The van der Waals surface area contributed by atoms with Gasteiger partial charge in [0.25, 0.3) is 5.69 Å². The van der Waals surface area contributed by atoms with Crippen LogP contribution < -0.4 is 5.32 Å². The van der Waals surface area contributed by atoms with Gasteiger partial charge in [-0.3, -0.25) is 10.1 Å². The summed E-state index contributed by atoms with van der Waals surface area (Å²) in [5.41, 5.74) is 1.18. The molecule has 0 heterocycles. The molecule has 2 N–H and O–H groups in total. The van der Waals surface area contributed by atoms with Crippen molar-refractivity contribution >= 4 is 17.3 Å². The third kappa shape index (κ3) is 4.77. The molecule has 0 aliphatic carbocycles. The molecule has 0 radical (unpaired) electrons. The average Bonchev–Trinajstić information content (AvgIpc) is 2.64. The Hall–Kier alpha value is -2.93. The fourth-order valence-electron chi connectivity index (χ4n) is 2.56. The third-order valence-electron chi connectivity index (χ3n) is 3.79. The van der Waals surface area contributed by atoms with E-state index in [1.54, 1.807) is 6.07 Å². The van der Waals surface area contributed by atoms with Crippen LogP contribution in [0.15, 0.2) is 48.5 Å². The molecule has 0 aliphatic heterocycles. The van der Waals surface area contributed by atoms with Gasteiger partial charge in [0, 0.05) is 18.4 Å². The number of benzene rings is 2. The second kappa shape index (κ2) is 8.79. The molecule has 132 valence electrons. The van der Waals surface area contributed by atoms with Gasteiger partial charge in [-0.2, -0.15) is 0 Å². The first-order chi connectivity index (χ1) is 12.1. The Balaban J connectivity index is 2.32. The van der Waals surface area contributed by atoms with Crippen LogP contribution >= 0.6 is 0 Å². The number of rotatable bonds is 8. The van der Waals surface area contributed by atoms with E-state index in [1.165, 1.54) is 19.2 Å². The van der Waals surface area contributed by atoms with E-state index in [-0.39, 0.29) is 23.9 Å². The number of aliphatic hydroxyl groups excluding tert-OH is 1. The summed E-state index contributed by atoms with van der Waals surface area (Å²) in [7, 11) is 1.18. The number of carbonyl (C=O) groups is 1. The molecular weight excluding hydrogens is 324 g/mol. The highest BCUT2D eigenvalue weighted by Gasteiger charge is 2.22. The van der Waals surface area contributed by atoms with Crippen molar-refractivity contribution in [2.45, 2.75) is 18.9 Å². The van der Waals surface area contributed by atoms with Gasteiger partial charge in [-0.25, -0.2) is 4.79 Å². The molecule has 7 heteroatoms. The zero-order valence-electron chi connectivity index (χ0n) is 13.8. The normalized spacial score (nSPS) is 11.6. The highest BCUT2D eigenvalue weighted by atomic mass is 16.6. The first kappa shape index (κ1) is 18.4. The number of methoxy groups -OCH3 is 1. The SMILES string of the molecule is COC(=O)c1cc(NC(CCCO)c2ccccc2)ccc1[N+](=O)[O-]. The van der Waals surface area contributed by atoms with Crippen molar-refractivity contribution in [1.29, 1.82) is 0 Å². The summed E-state index contributed by atoms with van der Waals surface area (Å²) in [6, 6.07) is 13.8. The number of hydrogen-bond acceptors (Lipinski definition) is 6. The number of carbonyl (C=O) groups excluding carboxylic acids is 1. The van der Waals surface area contributed by atoms with Crippen LogP contribution in [0.3, 0.4) is 0 Å². The molecule has 2 aromatic rings. The number of anilines is 1. The predicted octanol–water partition coefficient (Wildman–Crippen LogP) is 3.31. The standard InChI is InChI=1S/C18H20N2O5/c1-25-18(22)15-12-14(9-10-17(15)20(23)24)19-16(8-5-11-21)13-6-3-2-4-7-13/h2-4,6-7,9-10,12,16,19,21H,5,8,11H2,1H3. The van der Waals surface area contributed by atoms with Gasteiger partial charge in [-0.15, -0.1) is 0 Å². The summed E-state index contributed by atoms with van der Waals surface area (Å²) in [4.78, 5) is 22.3. The minimum absolute atomic E-state index is 0.0681. The lowest BCUT2D eigenvalue weighted by atomic mass is 10.0. The molecule has 25 heavy (non-hydrogen) atoms. The summed E-state index contributed by atoms with van der Waals surface area (Å²) in [5, 5.41) is 23.5. The predicted molar refractivity (Wildman–Crippen MR) is 93.6 cm³/mol. The lowest BCUT2D eigenvalue weighted by Crippen LogP contribution is -2.13. The number of aliphatic hydroxyl groups is 1. The lowest BCUT2D eigenvalue weighted by Gasteiger charge is -2.20. The maximum atomic E-state index is 11.8. The molecule has 0 amide bonds. The lowest BCUT2D eigenvalue weighted by molar-refractivity contribution is -0.385. The number of ether oxygens (including phenoxy) is 1. The maximum Gasteiger partial charge on any atom is 0.344 e. The van der Waals surface area contributed by atoms with Crippen LogP contribution in [0.25, 0.3) is 0 Å². The Morgan fingerprint density at radius 3 is 2.60 bits per heavy atom. The summed E-state index contributed by atoms with van der Waals surface area (Å²) in [6.07, 6.45) is 1.27. The highest BCUT2D eigenvalue weighted by Crippen LogP contribution is 2.28. The van der Waals surface area contributed by atoms with Crippen molar-refractivity contribution in [3.63, 3.8) is 0 Å². The summed E-state index contributed by atoms with van der Waals surface area (Å²) < 4.78 is 4.63. The van der Waals surface area contributed by atoms with Gasteiger partial charge in [0.15, 0.2) is 0 Å². The van der Waals surface area contributed by atoms with Crippen molar-refractivity contribution in [2.75, 3.05) is 19.0 Å². The van der Waals surface area contributed by atoms with Crippen molar-refractivity contribution in [1.82, 2.24) is 0 Å². The number of hydrogen-bond donors (Lipinski definition) is 2. The van der Waals surface area contributed by atoms with Gasteiger partial charge in [0.05, 0.1) is 18.1 Å². The second-order valence-electron chi connectivity index (χ2n) is 5.45. The number of nitrogens with one attached hydrogen (secondary N) is 1. The Bertz CT molecular complexity index is 734. The molecule has 7 nitrogen and oxygen atoms in total. The van der Waals surface area contributed by atoms with Gasteiger partial charge in [0.1, 0.15) is 5.56 Å². The first-order valence-electron chi connectivity index (χ1n) is 7.86. The van der Waals surface area contributed by atoms with Crippen LogP contribution in [-0.2, 0) is 4.74 Å². The van der Waals surface area contributed by atoms with Crippen LogP contribution in [0.1, 0.15) is 34.8 Å². The van der Waals surface area contributed by atoms with E-state index < -0.39 is 10.9 Å². The topological polar surface area (TPSA) is 102 Å². The summed E-state index contributed by atoms with van der Waals surface area (Å²) in [6.45, 7) is 0.0681. The fraction of sp³-hybridized carbons (Fsp3) is 0.278. The first-order valence-corrected chi connectivity index (χ1v) is 7.86. The van der Waals surface area contributed by atoms with E-state index in [0.29, 0.717) is 18.5 Å². The van der Waals surface area contributed by atoms with Crippen LogP contribution in [0, 0.1) is 10.1 Å². The molecule has 0 fully saturated rings. The van der Waals surface area contributed by atoms with E-state index in [0.717, 1.165) is 5.56 Å². The molecule has 0 saturated carbocycles. The highest BCUT2D eigenvalue weighted by molar-refractivity contribution is 5.95. The minimum atomic E-state index is -0.762. The molecule has 0 bridgehead atoms. The van der Waals surface area contributed by atoms with Crippen molar-refractivity contribution in [2.24, 2.45) is 0 Å². The number of esters is 1. The molecule has 2 aromatic carbocycles. The quantitative estimate of drug-likeness (QED) is 0.433. The molecule has 0 saturated heterocycles. The van der Waals surface area contributed by atoms with E-state index in [4.69, 9.17) is 5.11 Å². The second-order valence-corrected chi connectivity index (χ2v) is 5.45. The minimum Gasteiger partial charge on any atom is -0.465 e. The van der Waals surface area contributed by atoms with E-state index in [9.17, 15) is 14.9 Å². The fourth-order valence-corrected chi connectivity index (χ4v) is 2.56. The van der Waals surface area contributed by atoms with Crippen LogP contribution in [0.2, 0.25) is 0 Å². The number of nitrogens with zero attached hydrogens (tertiary/aromatic N) is 1. The van der Waals surface area contributed by atoms with Crippen molar-refractivity contribution < 1.29 is 19.6 Å². The van der Waals surface area contributed by atoms with Crippen molar-refractivity contribution in [3.05, 3.63) is 69.8 Å². The number of nitro benzene ring substituents is 1. The van der Waals surface area contributed by atoms with E-state index in [2.05, 4.69) is 10.1 Å². The Kier molecular flexibility index (Phi) is 6.47. The van der Waals surface area contributed by atoms with Crippen LogP contribution in [0.4, 0.5) is 11.4 Å². The maximum absolute atomic E-state index is 11.8. The smallest absolute Gasteiger partial charge is 0.344 e. The van der Waals surface area contributed by atoms with Gasteiger partial charge in [0.2, 0.25) is 0 Å². The molecule has 0 aliphatic rings. The molecule has 1 atom stereocenters. The molecule has 0 aromatic heterocycles. The van der Waals surface area contributed by atoms with Gasteiger partial charge < -0.3 is 15.2 Å². The average molecular weight is 344 g/mol. The van der Waals surface area contributed by atoms with Gasteiger partial charge >= 0.3 is 5.97 Å². The Morgan fingerprint density at radius 2 is 2.00 bits per heavy atom. The van der Waals surface area contributed by atoms with Gasteiger partial charge in [-0.05, 0) is 30.5 Å². The number of nitro groups is 1. The Labute approximate surface area is 145 Å². The molecule has 1 unspecified atom stereocenters. The molecule has 2 rings (SSSR count). The summed E-state index contributed by atoms with van der Waals surface area (Å²) in [5.74, 6) is -0.762. The van der Waals surface area contributed by atoms with Crippen molar-refractivity contribution in [3.8, 4) is 0 Å². The van der Waals surface area contributed by atoms with Crippen LogP contribution in [0.5, 0.6) is 0 Å². The zero-order valence-corrected chi connectivity index (χ0v) is 13.8. The zero-order chi connectivity index (χ0) is 18.2. The molecular formula is C18H20N2O5. The molecule has 0 spiro atoms.